The Morgan fingerprint density at radius 3 is 2.46 bits per heavy atom. The zero-order valence-corrected chi connectivity index (χ0v) is 16.5. The van der Waals surface area contributed by atoms with E-state index in [1.54, 1.807) is 23.5 Å². The van der Waals surface area contributed by atoms with E-state index in [0.29, 0.717) is 30.0 Å². The first kappa shape index (κ1) is 18.5. The molecule has 0 aliphatic carbocycles. The number of amides is 2. The highest BCUT2D eigenvalue weighted by Gasteiger charge is 2.14. The molecule has 2 heterocycles. The molecule has 3 N–H and O–H groups in total. The van der Waals surface area contributed by atoms with Crippen LogP contribution in [0.2, 0.25) is 0 Å². The third-order valence-electron chi connectivity index (χ3n) is 4.31. The lowest BCUT2D eigenvalue weighted by Crippen LogP contribution is -2.29. The van der Waals surface area contributed by atoms with Crippen molar-refractivity contribution in [1.29, 1.82) is 0 Å². The van der Waals surface area contributed by atoms with Crippen LogP contribution in [0.4, 0.5) is 0 Å². The van der Waals surface area contributed by atoms with E-state index >= 15 is 0 Å². The molecule has 142 valence electrons. The van der Waals surface area contributed by atoms with Crippen molar-refractivity contribution in [1.82, 2.24) is 10.6 Å². The molecule has 2 aromatic carbocycles. The van der Waals surface area contributed by atoms with Gasteiger partial charge in [0, 0.05) is 33.4 Å². The Labute approximate surface area is 169 Å². The Kier molecular flexibility index (Phi) is 5.27. The smallest absolute Gasteiger partial charge is 0.261 e. The SMILES string of the molecule is O=C(NCCCNC(=O)c1cc2sc3ccccc3c2s1)c1cccc(O)c1. The van der Waals surface area contributed by atoms with Gasteiger partial charge in [-0.25, -0.2) is 0 Å². The molecule has 28 heavy (non-hydrogen) atoms. The van der Waals surface area contributed by atoms with Crippen LogP contribution in [0.1, 0.15) is 26.5 Å². The predicted molar refractivity (Wildman–Crippen MR) is 115 cm³/mol. The molecule has 7 heteroatoms. The Morgan fingerprint density at radius 2 is 1.64 bits per heavy atom. The molecule has 0 atom stereocenters. The number of benzene rings is 2. The molecule has 0 fully saturated rings. The van der Waals surface area contributed by atoms with Crippen molar-refractivity contribution >= 4 is 54.0 Å². The zero-order valence-electron chi connectivity index (χ0n) is 14.9. The third kappa shape index (κ3) is 3.85. The van der Waals surface area contributed by atoms with Crippen molar-refractivity contribution in [2.45, 2.75) is 6.42 Å². The summed E-state index contributed by atoms with van der Waals surface area (Å²) in [6.45, 7) is 0.921. The largest absolute Gasteiger partial charge is 0.508 e. The maximum absolute atomic E-state index is 12.4. The summed E-state index contributed by atoms with van der Waals surface area (Å²) in [4.78, 5) is 25.1. The van der Waals surface area contributed by atoms with E-state index in [-0.39, 0.29) is 17.6 Å². The van der Waals surface area contributed by atoms with Gasteiger partial charge in [0.15, 0.2) is 0 Å². The minimum absolute atomic E-state index is 0.0588. The summed E-state index contributed by atoms with van der Waals surface area (Å²) >= 11 is 3.21. The van der Waals surface area contributed by atoms with Crippen molar-refractivity contribution in [3.8, 4) is 5.75 Å². The standard InChI is InChI=1S/C21H18N2O3S2/c24-14-6-3-5-13(11-14)20(25)22-9-4-10-23-21(26)18-12-17-19(28-18)15-7-1-2-8-16(15)27-17/h1-3,5-8,11-12,24H,4,9-10H2,(H,22,25)(H,23,26). The molecule has 0 aliphatic heterocycles. The number of rotatable bonds is 6. The molecule has 2 aromatic heterocycles. The summed E-state index contributed by atoms with van der Waals surface area (Å²) in [6.07, 6.45) is 0.624. The van der Waals surface area contributed by atoms with Gasteiger partial charge in [-0.15, -0.1) is 22.7 Å². The molecule has 0 radical (unpaired) electrons. The van der Waals surface area contributed by atoms with Crippen LogP contribution in [0.15, 0.2) is 54.6 Å². The molecule has 4 aromatic rings. The second kappa shape index (κ2) is 8.00. The summed E-state index contributed by atoms with van der Waals surface area (Å²) in [7, 11) is 0. The van der Waals surface area contributed by atoms with Gasteiger partial charge in [-0.1, -0.05) is 24.3 Å². The number of phenolic OH excluding ortho intramolecular Hbond substituents is 1. The second-order valence-corrected chi connectivity index (χ2v) is 8.45. The van der Waals surface area contributed by atoms with Crippen LogP contribution in [0.5, 0.6) is 5.75 Å². The molecule has 0 spiro atoms. The van der Waals surface area contributed by atoms with Gasteiger partial charge < -0.3 is 15.7 Å². The summed E-state index contributed by atoms with van der Waals surface area (Å²) < 4.78 is 3.53. The fourth-order valence-corrected chi connectivity index (χ4v) is 5.38. The summed E-state index contributed by atoms with van der Waals surface area (Å²) in [5.74, 6) is -0.270. The lowest BCUT2D eigenvalue weighted by Gasteiger charge is -2.06. The molecule has 0 saturated heterocycles. The second-order valence-electron chi connectivity index (χ2n) is 6.32. The Bertz CT molecular complexity index is 1160. The normalized spacial score (nSPS) is 11.0. The summed E-state index contributed by atoms with van der Waals surface area (Å²) in [5.41, 5.74) is 0.412. The van der Waals surface area contributed by atoms with Crippen LogP contribution in [-0.2, 0) is 0 Å². The predicted octanol–water partition coefficient (Wildman–Crippen LogP) is 4.37. The van der Waals surface area contributed by atoms with Gasteiger partial charge in [-0.3, -0.25) is 9.59 Å². The molecular weight excluding hydrogens is 392 g/mol. The maximum atomic E-state index is 12.4. The van der Waals surface area contributed by atoms with E-state index in [1.165, 1.54) is 33.6 Å². The van der Waals surface area contributed by atoms with Gasteiger partial charge in [0.25, 0.3) is 11.8 Å². The first-order chi connectivity index (χ1) is 13.6. The molecule has 0 aliphatic rings. The van der Waals surface area contributed by atoms with E-state index in [4.69, 9.17) is 0 Å². The minimum atomic E-state index is -0.243. The van der Waals surface area contributed by atoms with Crippen LogP contribution in [-0.4, -0.2) is 30.0 Å². The number of carbonyl (C=O) groups is 2. The van der Waals surface area contributed by atoms with E-state index in [0.717, 1.165) is 9.40 Å². The Morgan fingerprint density at radius 1 is 0.857 bits per heavy atom. The van der Waals surface area contributed by atoms with Crippen LogP contribution >= 0.6 is 22.7 Å². The minimum Gasteiger partial charge on any atom is -0.508 e. The average molecular weight is 411 g/mol. The van der Waals surface area contributed by atoms with E-state index in [9.17, 15) is 14.7 Å². The molecule has 4 rings (SSSR count). The number of fused-ring (bicyclic) bond motifs is 3. The lowest BCUT2D eigenvalue weighted by molar-refractivity contribution is 0.0952. The van der Waals surface area contributed by atoms with Gasteiger partial charge in [-0.2, -0.15) is 0 Å². The number of hydrogen-bond acceptors (Lipinski definition) is 5. The topological polar surface area (TPSA) is 78.4 Å². The first-order valence-electron chi connectivity index (χ1n) is 8.88. The number of hydrogen-bond donors (Lipinski definition) is 3. The van der Waals surface area contributed by atoms with Crippen molar-refractivity contribution in [2.24, 2.45) is 0 Å². The third-order valence-corrected chi connectivity index (χ3v) is 6.72. The van der Waals surface area contributed by atoms with Gasteiger partial charge >= 0.3 is 0 Å². The number of nitrogens with one attached hydrogen (secondary N) is 2. The van der Waals surface area contributed by atoms with Crippen LogP contribution in [0.25, 0.3) is 19.5 Å². The van der Waals surface area contributed by atoms with Gasteiger partial charge in [-0.05, 0) is 36.8 Å². The highest BCUT2D eigenvalue weighted by Crippen LogP contribution is 2.39. The van der Waals surface area contributed by atoms with Gasteiger partial charge in [0.2, 0.25) is 0 Å². The van der Waals surface area contributed by atoms with Crippen molar-refractivity contribution < 1.29 is 14.7 Å². The van der Waals surface area contributed by atoms with Crippen LogP contribution in [0, 0.1) is 0 Å². The molecule has 2 amide bonds. The fourth-order valence-electron chi connectivity index (χ4n) is 2.94. The fraction of sp³-hybridized carbons (Fsp3) is 0.143. The van der Waals surface area contributed by atoms with E-state index in [2.05, 4.69) is 22.8 Å². The average Bonchev–Trinajstić information content (AvgIpc) is 3.25. The molecule has 0 unspecified atom stereocenters. The Hall–Kier alpha value is -2.90. The number of carbonyl (C=O) groups excluding carboxylic acids is 2. The molecule has 5 nitrogen and oxygen atoms in total. The Balaban J connectivity index is 1.28. The quantitative estimate of drug-likeness (QED) is 0.413. The molecule has 0 saturated carbocycles. The van der Waals surface area contributed by atoms with E-state index < -0.39 is 0 Å². The monoisotopic (exact) mass is 410 g/mol. The highest BCUT2D eigenvalue weighted by molar-refractivity contribution is 7.33. The van der Waals surface area contributed by atoms with Crippen molar-refractivity contribution in [2.75, 3.05) is 13.1 Å². The molecular formula is C21H18N2O3S2. The maximum Gasteiger partial charge on any atom is 0.261 e. The number of aromatic hydroxyl groups is 1. The van der Waals surface area contributed by atoms with E-state index in [1.807, 2.05) is 18.2 Å². The number of phenols is 1. The highest BCUT2D eigenvalue weighted by atomic mass is 32.1. The van der Waals surface area contributed by atoms with Crippen molar-refractivity contribution in [3.63, 3.8) is 0 Å². The lowest BCUT2D eigenvalue weighted by atomic mass is 10.2. The molecule has 0 bridgehead atoms. The zero-order chi connectivity index (χ0) is 19.5. The number of thiophene rings is 2. The summed E-state index contributed by atoms with van der Waals surface area (Å²) in [5, 5.41) is 16.3. The first-order valence-corrected chi connectivity index (χ1v) is 10.5. The van der Waals surface area contributed by atoms with Gasteiger partial charge in [0.1, 0.15) is 5.75 Å². The van der Waals surface area contributed by atoms with Crippen molar-refractivity contribution in [3.05, 3.63) is 65.0 Å². The summed E-state index contributed by atoms with van der Waals surface area (Å²) in [6, 6.07) is 16.4. The van der Waals surface area contributed by atoms with Gasteiger partial charge in [0.05, 0.1) is 9.58 Å². The van der Waals surface area contributed by atoms with Crippen LogP contribution in [0.3, 0.4) is 0 Å². The van der Waals surface area contributed by atoms with Crippen LogP contribution < -0.4 is 10.6 Å².